The summed E-state index contributed by atoms with van der Waals surface area (Å²) in [6.07, 6.45) is 20.0. The van der Waals surface area contributed by atoms with Gasteiger partial charge in [-0.3, -0.25) is 0 Å². The maximum atomic E-state index is 2.45. The van der Waals surface area contributed by atoms with E-state index in [0.29, 0.717) is 5.41 Å². The summed E-state index contributed by atoms with van der Waals surface area (Å²) in [4.78, 5) is 0. The summed E-state index contributed by atoms with van der Waals surface area (Å²) in [6.45, 7) is 0. The Labute approximate surface area is 79.3 Å². The first-order valence-electron chi connectivity index (χ1n) is 5.13. The number of hydrogen-bond acceptors (Lipinski definition) is 0. The fraction of sp³-hybridized carbons (Fsp3) is 0.385. The highest BCUT2D eigenvalue weighted by molar-refractivity contribution is 5.43. The molecule has 66 valence electrons. The summed E-state index contributed by atoms with van der Waals surface area (Å²) >= 11 is 0. The Kier molecular flexibility index (Phi) is 1.40. The molecular weight excluding hydrogens is 156 g/mol. The van der Waals surface area contributed by atoms with E-state index < -0.39 is 0 Å². The molecule has 0 aromatic heterocycles. The maximum Gasteiger partial charge on any atom is 0.00758 e. The van der Waals surface area contributed by atoms with Crippen LogP contribution in [0.5, 0.6) is 0 Å². The number of hydrogen-bond donors (Lipinski definition) is 0. The summed E-state index contributed by atoms with van der Waals surface area (Å²) in [5, 5.41) is 0. The molecule has 0 aromatic rings. The SMILES string of the molecule is C1=CC(=CC23C=CC(CC2)C3)C=C1. The molecule has 0 heterocycles. The van der Waals surface area contributed by atoms with Crippen LogP contribution in [0.1, 0.15) is 19.3 Å². The van der Waals surface area contributed by atoms with Crippen molar-refractivity contribution >= 4 is 0 Å². The molecule has 0 radical (unpaired) electrons. The summed E-state index contributed by atoms with van der Waals surface area (Å²) in [6, 6.07) is 0. The highest BCUT2D eigenvalue weighted by atomic mass is 14.4. The van der Waals surface area contributed by atoms with Gasteiger partial charge in [0, 0.05) is 5.41 Å². The lowest BCUT2D eigenvalue weighted by molar-refractivity contribution is 0.522. The summed E-state index contributed by atoms with van der Waals surface area (Å²) in [5.74, 6) is 0.881. The van der Waals surface area contributed by atoms with Crippen molar-refractivity contribution in [1.29, 1.82) is 0 Å². The van der Waals surface area contributed by atoms with Crippen LogP contribution in [-0.4, -0.2) is 0 Å². The van der Waals surface area contributed by atoms with Crippen molar-refractivity contribution in [2.75, 3.05) is 0 Å². The Balaban J connectivity index is 1.93. The second-order valence-electron chi connectivity index (χ2n) is 4.46. The van der Waals surface area contributed by atoms with E-state index in [0.717, 1.165) is 5.92 Å². The van der Waals surface area contributed by atoms with Gasteiger partial charge in [0.05, 0.1) is 0 Å². The van der Waals surface area contributed by atoms with Crippen LogP contribution in [0.4, 0.5) is 0 Å². The van der Waals surface area contributed by atoms with Crippen LogP contribution in [0.15, 0.2) is 48.1 Å². The first-order chi connectivity index (χ1) is 6.36. The normalized spacial score (nSPS) is 39.4. The van der Waals surface area contributed by atoms with Crippen molar-refractivity contribution in [2.24, 2.45) is 11.3 Å². The summed E-state index contributed by atoms with van der Waals surface area (Å²) in [7, 11) is 0. The molecule has 2 unspecified atom stereocenters. The molecular formula is C13H14. The van der Waals surface area contributed by atoms with Gasteiger partial charge >= 0.3 is 0 Å². The molecule has 1 fully saturated rings. The van der Waals surface area contributed by atoms with Crippen molar-refractivity contribution in [1.82, 2.24) is 0 Å². The molecule has 3 aliphatic carbocycles. The molecule has 1 saturated carbocycles. The highest BCUT2D eigenvalue weighted by Crippen LogP contribution is 2.50. The molecule has 13 heavy (non-hydrogen) atoms. The molecule has 3 rings (SSSR count). The average Bonchev–Trinajstić information content (AvgIpc) is 2.79. The van der Waals surface area contributed by atoms with Crippen LogP contribution < -0.4 is 0 Å². The number of rotatable bonds is 1. The Bertz CT molecular complexity index is 327. The first-order valence-corrected chi connectivity index (χ1v) is 5.13. The van der Waals surface area contributed by atoms with E-state index in [1.54, 1.807) is 0 Å². The topological polar surface area (TPSA) is 0 Å². The van der Waals surface area contributed by atoms with E-state index >= 15 is 0 Å². The Morgan fingerprint density at radius 2 is 2.15 bits per heavy atom. The minimum absolute atomic E-state index is 0.430. The Hall–Kier alpha value is -1.04. The molecule has 0 amide bonds. The van der Waals surface area contributed by atoms with Gasteiger partial charge in [-0.05, 0) is 30.8 Å². The van der Waals surface area contributed by atoms with Crippen molar-refractivity contribution in [3.05, 3.63) is 48.1 Å². The number of allylic oxidation sites excluding steroid dienone is 8. The minimum Gasteiger partial charge on any atom is -0.0845 e. The van der Waals surface area contributed by atoms with Gasteiger partial charge in [0.2, 0.25) is 0 Å². The molecule has 0 heteroatoms. The fourth-order valence-electron chi connectivity index (χ4n) is 2.79. The van der Waals surface area contributed by atoms with Gasteiger partial charge in [-0.2, -0.15) is 0 Å². The average molecular weight is 170 g/mol. The van der Waals surface area contributed by atoms with Crippen LogP contribution in [0.2, 0.25) is 0 Å². The zero-order valence-electron chi connectivity index (χ0n) is 7.74. The van der Waals surface area contributed by atoms with Crippen LogP contribution in [0.25, 0.3) is 0 Å². The standard InChI is InChI=1S/C13H14/c1-2-4-11(3-1)9-13-7-5-12(10-13)6-8-13/h1-5,7,9,12H,6,8,10H2. The Morgan fingerprint density at radius 1 is 1.31 bits per heavy atom. The lowest BCUT2D eigenvalue weighted by atomic mass is 9.86. The van der Waals surface area contributed by atoms with Gasteiger partial charge in [-0.25, -0.2) is 0 Å². The fourth-order valence-corrected chi connectivity index (χ4v) is 2.79. The van der Waals surface area contributed by atoms with Gasteiger partial charge in [0.1, 0.15) is 0 Å². The Morgan fingerprint density at radius 3 is 2.69 bits per heavy atom. The maximum absolute atomic E-state index is 2.45. The van der Waals surface area contributed by atoms with Crippen LogP contribution >= 0.6 is 0 Å². The number of fused-ring (bicyclic) bond motifs is 2. The van der Waals surface area contributed by atoms with Crippen molar-refractivity contribution in [3.63, 3.8) is 0 Å². The quantitative estimate of drug-likeness (QED) is 0.529. The van der Waals surface area contributed by atoms with Crippen molar-refractivity contribution in [2.45, 2.75) is 19.3 Å². The van der Waals surface area contributed by atoms with Gasteiger partial charge in [0.25, 0.3) is 0 Å². The first kappa shape index (κ1) is 7.37. The van der Waals surface area contributed by atoms with Gasteiger partial charge < -0.3 is 0 Å². The smallest absolute Gasteiger partial charge is 0.00758 e. The lowest BCUT2D eigenvalue weighted by Gasteiger charge is -2.18. The molecule has 0 saturated heterocycles. The van der Waals surface area contributed by atoms with E-state index in [1.165, 1.54) is 24.8 Å². The molecule has 0 aromatic carbocycles. The monoisotopic (exact) mass is 170 g/mol. The van der Waals surface area contributed by atoms with E-state index in [9.17, 15) is 0 Å². The van der Waals surface area contributed by atoms with E-state index in [1.807, 2.05) is 0 Å². The molecule has 0 N–H and O–H groups in total. The summed E-state index contributed by atoms with van der Waals surface area (Å²) in [5.41, 5.74) is 1.83. The molecule has 0 spiro atoms. The molecule has 2 atom stereocenters. The predicted molar refractivity (Wildman–Crippen MR) is 55.3 cm³/mol. The zero-order chi connectivity index (χ0) is 8.73. The van der Waals surface area contributed by atoms with E-state index in [2.05, 4.69) is 42.5 Å². The third-order valence-electron chi connectivity index (χ3n) is 3.47. The van der Waals surface area contributed by atoms with Gasteiger partial charge in [0.15, 0.2) is 0 Å². The molecule has 2 bridgehead atoms. The summed E-state index contributed by atoms with van der Waals surface area (Å²) < 4.78 is 0. The minimum atomic E-state index is 0.430. The molecule has 3 aliphatic rings. The molecule has 0 aliphatic heterocycles. The zero-order valence-corrected chi connectivity index (χ0v) is 7.74. The third-order valence-corrected chi connectivity index (χ3v) is 3.47. The van der Waals surface area contributed by atoms with Crippen LogP contribution in [0, 0.1) is 11.3 Å². The molecule has 0 nitrogen and oxygen atoms in total. The van der Waals surface area contributed by atoms with Crippen LogP contribution in [-0.2, 0) is 0 Å². The van der Waals surface area contributed by atoms with E-state index in [-0.39, 0.29) is 0 Å². The third kappa shape index (κ3) is 1.13. The van der Waals surface area contributed by atoms with Crippen molar-refractivity contribution in [3.8, 4) is 0 Å². The largest absolute Gasteiger partial charge is 0.0845 e. The van der Waals surface area contributed by atoms with E-state index in [4.69, 9.17) is 0 Å². The lowest BCUT2D eigenvalue weighted by Crippen LogP contribution is -2.07. The second kappa shape index (κ2) is 2.47. The highest BCUT2D eigenvalue weighted by Gasteiger charge is 2.38. The van der Waals surface area contributed by atoms with Gasteiger partial charge in [-0.1, -0.05) is 42.5 Å². The predicted octanol–water partition coefficient (Wildman–Crippen LogP) is 3.40. The second-order valence-corrected chi connectivity index (χ2v) is 4.46. The van der Waals surface area contributed by atoms with Gasteiger partial charge in [-0.15, -0.1) is 0 Å². The van der Waals surface area contributed by atoms with Crippen LogP contribution in [0.3, 0.4) is 0 Å². The van der Waals surface area contributed by atoms with Crippen molar-refractivity contribution < 1.29 is 0 Å².